The van der Waals surface area contributed by atoms with Gasteiger partial charge in [-0.1, -0.05) is 6.92 Å². The molecule has 0 aliphatic carbocycles. The summed E-state index contributed by atoms with van der Waals surface area (Å²) in [5.41, 5.74) is 0. The van der Waals surface area contributed by atoms with Crippen LogP contribution in [0.3, 0.4) is 0 Å². The van der Waals surface area contributed by atoms with Crippen molar-refractivity contribution in [2.24, 2.45) is 5.92 Å². The normalized spacial score (nSPS) is 13.6. The molecule has 0 rings (SSSR count). The van der Waals surface area contributed by atoms with E-state index in [1.807, 2.05) is 0 Å². The van der Waals surface area contributed by atoms with Crippen LogP contribution in [0.4, 0.5) is 0 Å². The summed E-state index contributed by atoms with van der Waals surface area (Å²) >= 11 is 0. The van der Waals surface area contributed by atoms with Crippen LogP contribution in [0.5, 0.6) is 0 Å². The summed E-state index contributed by atoms with van der Waals surface area (Å²) in [5.74, 6) is -1.75. The molecule has 17 heavy (non-hydrogen) atoms. The third kappa shape index (κ3) is 7.32. The first-order chi connectivity index (χ1) is 7.84. The van der Waals surface area contributed by atoms with E-state index in [4.69, 9.17) is 5.11 Å². The Kier molecular flexibility index (Phi) is 6.93. The van der Waals surface area contributed by atoms with Gasteiger partial charge >= 0.3 is 5.97 Å². The monoisotopic (exact) mass is 244 g/mol. The van der Waals surface area contributed by atoms with Crippen molar-refractivity contribution in [3.63, 3.8) is 0 Å². The Morgan fingerprint density at radius 3 is 2.29 bits per heavy atom. The molecule has 2 atom stereocenters. The van der Waals surface area contributed by atoms with Crippen molar-refractivity contribution >= 4 is 17.8 Å². The fraction of sp³-hybridized carbons (Fsp3) is 0.727. The van der Waals surface area contributed by atoms with E-state index >= 15 is 0 Å². The Balaban J connectivity index is 3.71. The Labute approximate surface area is 101 Å². The molecule has 0 fully saturated rings. The summed E-state index contributed by atoms with van der Waals surface area (Å²) < 4.78 is 0. The van der Waals surface area contributed by atoms with E-state index in [0.717, 1.165) is 0 Å². The van der Waals surface area contributed by atoms with Gasteiger partial charge < -0.3 is 15.7 Å². The molecular formula is C11H20N2O4. The van der Waals surface area contributed by atoms with Crippen LogP contribution in [0.1, 0.15) is 33.6 Å². The van der Waals surface area contributed by atoms with E-state index in [1.165, 1.54) is 6.92 Å². The molecule has 3 N–H and O–H groups in total. The first kappa shape index (κ1) is 15.4. The Hall–Kier alpha value is -1.59. The third-order valence-corrected chi connectivity index (χ3v) is 2.35. The molecule has 0 aromatic heterocycles. The highest BCUT2D eigenvalue weighted by Gasteiger charge is 2.13. The number of amides is 2. The first-order valence-corrected chi connectivity index (χ1v) is 5.62. The number of nitrogens with one attached hydrogen (secondary N) is 2. The maximum Gasteiger partial charge on any atom is 0.306 e. The fourth-order valence-electron chi connectivity index (χ4n) is 1.27. The summed E-state index contributed by atoms with van der Waals surface area (Å²) in [6.07, 6.45) is 1.12. The number of hydrogen-bond donors (Lipinski definition) is 3. The lowest BCUT2D eigenvalue weighted by molar-refractivity contribution is -0.141. The van der Waals surface area contributed by atoms with E-state index < -0.39 is 17.9 Å². The molecule has 2 unspecified atom stereocenters. The number of carboxylic acid groups (broad SMARTS) is 1. The average molecular weight is 244 g/mol. The minimum absolute atomic E-state index is 0.257. The topological polar surface area (TPSA) is 95.5 Å². The van der Waals surface area contributed by atoms with Crippen LogP contribution in [-0.4, -0.2) is 35.5 Å². The molecule has 0 bridgehead atoms. The lowest BCUT2D eigenvalue weighted by atomic mass is 10.1. The second kappa shape index (κ2) is 7.65. The summed E-state index contributed by atoms with van der Waals surface area (Å²) in [6.45, 7) is 4.99. The number of carbonyl (C=O) groups excluding carboxylic acids is 2. The van der Waals surface area contributed by atoms with Gasteiger partial charge in [0.1, 0.15) is 6.04 Å². The Morgan fingerprint density at radius 1 is 1.24 bits per heavy atom. The summed E-state index contributed by atoms with van der Waals surface area (Å²) in [5, 5.41) is 13.7. The van der Waals surface area contributed by atoms with Crippen LogP contribution in [0.15, 0.2) is 0 Å². The van der Waals surface area contributed by atoms with Gasteiger partial charge in [-0.3, -0.25) is 14.4 Å². The molecule has 2 amide bonds. The van der Waals surface area contributed by atoms with Gasteiger partial charge in [0.2, 0.25) is 11.8 Å². The van der Waals surface area contributed by atoms with E-state index in [0.29, 0.717) is 19.4 Å². The molecule has 0 heterocycles. The molecule has 0 aromatic rings. The Morgan fingerprint density at radius 2 is 1.82 bits per heavy atom. The zero-order valence-corrected chi connectivity index (χ0v) is 10.4. The minimum atomic E-state index is -0.831. The average Bonchev–Trinajstić information content (AvgIpc) is 2.22. The maximum absolute atomic E-state index is 11.4. The quantitative estimate of drug-likeness (QED) is 0.555. The molecule has 0 aliphatic heterocycles. The van der Waals surface area contributed by atoms with E-state index in [2.05, 4.69) is 10.6 Å². The molecule has 0 spiro atoms. The second-order valence-corrected chi connectivity index (χ2v) is 4.09. The van der Waals surface area contributed by atoms with Crippen molar-refractivity contribution in [2.45, 2.75) is 39.7 Å². The molecule has 98 valence electrons. The summed E-state index contributed by atoms with van der Waals surface area (Å²) in [4.78, 5) is 32.6. The molecule has 6 heteroatoms. The molecule has 6 nitrogen and oxygen atoms in total. The smallest absolute Gasteiger partial charge is 0.306 e. The van der Waals surface area contributed by atoms with Gasteiger partial charge in [0.15, 0.2) is 0 Å². The summed E-state index contributed by atoms with van der Waals surface area (Å²) in [6, 6.07) is -0.565. The van der Waals surface area contributed by atoms with Crippen LogP contribution in [0, 0.1) is 5.92 Å². The van der Waals surface area contributed by atoms with Crippen LogP contribution >= 0.6 is 0 Å². The number of hydrogen-bond acceptors (Lipinski definition) is 3. The van der Waals surface area contributed by atoms with Gasteiger partial charge in [0.25, 0.3) is 0 Å². The predicted octanol–water partition coefficient (Wildman–Crippen LogP) is 0.128. The van der Waals surface area contributed by atoms with E-state index in [9.17, 15) is 14.4 Å². The van der Waals surface area contributed by atoms with Crippen LogP contribution in [-0.2, 0) is 14.4 Å². The van der Waals surface area contributed by atoms with Crippen LogP contribution < -0.4 is 10.6 Å². The van der Waals surface area contributed by atoms with Gasteiger partial charge in [-0.25, -0.2) is 0 Å². The Bertz CT molecular complexity index is 291. The van der Waals surface area contributed by atoms with Crippen molar-refractivity contribution in [1.29, 1.82) is 0 Å². The van der Waals surface area contributed by atoms with Gasteiger partial charge in [-0.05, 0) is 19.8 Å². The standard InChI is InChI=1S/C11H20N2O4/c1-7(11(16)17)5-4-6-12-10(15)8(2)13-9(3)14/h7-8H,4-6H2,1-3H3,(H,12,15)(H,13,14)(H,16,17). The molecular weight excluding hydrogens is 224 g/mol. The van der Waals surface area contributed by atoms with Crippen molar-refractivity contribution in [2.75, 3.05) is 6.54 Å². The van der Waals surface area contributed by atoms with Crippen molar-refractivity contribution < 1.29 is 19.5 Å². The van der Waals surface area contributed by atoms with Crippen molar-refractivity contribution in [1.82, 2.24) is 10.6 Å². The number of carbonyl (C=O) groups is 3. The highest BCUT2D eigenvalue weighted by atomic mass is 16.4. The second-order valence-electron chi connectivity index (χ2n) is 4.09. The van der Waals surface area contributed by atoms with Crippen LogP contribution in [0.2, 0.25) is 0 Å². The lowest BCUT2D eigenvalue weighted by Gasteiger charge is -2.13. The summed E-state index contributed by atoms with van der Waals surface area (Å²) in [7, 11) is 0. The third-order valence-electron chi connectivity index (χ3n) is 2.35. The van der Waals surface area contributed by atoms with E-state index in [1.54, 1.807) is 13.8 Å². The highest BCUT2D eigenvalue weighted by molar-refractivity contribution is 5.86. The van der Waals surface area contributed by atoms with Gasteiger partial charge in [0, 0.05) is 13.5 Å². The molecule has 0 radical (unpaired) electrons. The zero-order chi connectivity index (χ0) is 13.4. The van der Waals surface area contributed by atoms with Gasteiger partial charge in [-0.2, -0.15) is 0 Å². The molecule has 0 saturated carbocycles. The zero-order valence-electron chi connectivity index (χ0n) is 10.4. The SMILES string of the molecule is CC(=O)NC(C)C(=O)NCCCC(C)C(=O)O. The highest BCUT2D eigenvalue weighted by Crippen LogP contribution is 2.04. The number of carboxylic acids is 1. The lowest BCUT2D eigenvalue weighted by Crippen LogP contribution is -2.44. The number of aliphatic carboxylic acids is 1. The first-order valence-electron chi connectivity index (χ1n) is 5.62. The maximum atomic E-state index is 11.4. The predicted molar refractivity (Wildman–Crippen MR) is 62.3 cm³/mol. The van der Waals surface area contributed by atoms with Gasteiger partial charge in [0.05, 0.1) is 5.92 Å². The molecule has 0 aromatic carbocycles. The number of rotatable bonds is 7. The van der Waals surface area contributed by atoms with Crippen molar-refractivity contribution in [3.05, 3.63) is 0 Å². The minimum Gasteiger partial charge on any atom is -0.481 e. The van der Waals surface area contributed by atoms with Gasteiger partial charge in [-0.15, -0.1) is 0 Å². The largest absolute Gasteiger partial charge is 0.481 e. The fourth-order valence-corrected chi connectivity index (χ4v) is 1.27. The van der Waals surface area contributed by atoms with Crippen molar-refractivity contribution in [3.8, 4) is 0 Å². The van der Waals surface area contributed by atoms with E-state index in [-0.39, 0.29) is 11.8 Å². The van der Waals surface area contributed by atoms with Crippen LogP contribution in [0.25, 0.3) is 0 Å². The molecule has 0 saturated heterocycles. The molecule has 0 aliphatic rings.